The van der Waals surface area contributed by atoms with Crippen LogP contribution < -0.4 is 14.4 Å². The molecule has 166 valence electrons. The van der Waals surface area contributed by atoms with Gasteiger partial charge in [0.05, 0.1) is 30.1 Å². The highest BCUT2D eigenvalue weighted by molar-refractivity contribution is 9.10. The first-order chi connectivity index (χ1) is 15.9. The Balaban J connectivity index is 1.57. The van der Waals surface area contributed by atoms with E-state index < -0.39 is 5.72 Å². The predicted octanol–water partition coefficient (Wildman–Crippen LogP) is 5.14. The van der Waals surface area contributed by atoms with E-state index in [1.165, 1.54) is 0 Å². The van der Waals surface area contributed by atoms with E-state index >= 15 is 0 Å². The minimum absolute atomic E-state index is 0.132. The van der Waals surface area contributed by atoms with Crippen LogP contribution >= 0.6 is 15.9 Å². The molecule has 2 atom stereocenters. The van der Waals surface area contributed by atoms with E-state index in [0.717, 1.165) is 43.9 Å². The molecule has 1 amide bonds. The van der Waals surface area contributed by atoms with E-state index in [9.17, 15) is 4.79 Å². The van der Waals surface area contributed by atoms with Crippen molar-refractivity contribution < 1.29 is 14.3 Å². The lowest BCUT2D eigenvalue weighted by Gasteiger charge is -2.44. The number of aryl methyl sites for hydroxylation is 1. The summed E-state index contributed by atoms with van der Waals surface area (Å²) in [5, 5.41) is 6.91. The molecule has 6 nitrogen and oxygen atoms in total. The number of fused-ring (bicyclic) bond motifs is 6. The number of methoxy groups -OCH3 is 1. The summed E-state index contributed by atoms with van der Waals surface area (Å²) in [6, 6.07) is 19.7. The maximum Gasteiger partial charge on any atom is 0.306 e. The average Bonchev–Trinajstić information content (AvgIpc) is 3.36. The van der Waals surface area contributed by atoms with Gasteiger partial charge in [0.15, 0.2) is 0 Å². The average molecular weight is 504 g/mol. The monoisotopic (exact) mass is 503 g/mol. The van der Waals surface area contributed by atoms with Gasteiger partial charge >= 0.3 is 5.72 Å². The largest absolute Gasteiger partial charge is 0.497 e. The normalized spacial score (nSPS) is 22.6. The molecule has 0 N–H and O–H groups in total. The van der Waals surface area contributed by atoms with Gasteiger partial charge in [-0.25, -0.2) is 5.01 Å². The summed E-state index contributed by atoms with van der Waals surface area (Å²) in [5.41, 5.74) is 4.33. The minimum Gasteiger partial charge on any atom is -0.497 e. The van der Waals surface area contributed by atoms with Crippen molar-refractivity contribution in [2.45, 2.75) is 25.1 Å². The lowest BCUT2D eigenvalue weighted by atomic mass is 9.92. The summed E-state index contributed by atoms with van der Waals surface area (Å²) >= 11 is 3.59. The molecule has 6 rings (SSSR count). The number of hydrazone groups is 1. The number of carbonyl (C=O) groups is 1. The number of rotatable bonds is 2. The van der Waals surface area contributed by atoms with Crippen LogP contribution in [0.3, 0.4) is 0 Å². The Morgan fingerprint density at radius 2 is 1.91 bits per heavy atom. The number of hydrogen-bond acceptors (Lipinski definition) is 5. The SMILES string of the molecule is COc1ccc(C2=NN3[C@H](C2)c2cc(Br)ccc2O[C@]32C(=O)N(C)c3ccc(C)cc32)cc1. The second-order valence-corrected chi connectivity index (χ2v) is 9.57. The second kappa shape index (κ2) is 7.09. The Hall–Kier alpha value is -3.32. The zero-order valence-corrected chi connectivity index (χ0v) is 20.1. The van der Waals surface area contributed by atoms with Crippen LogP contribution in [-0.2, 0) is 10.5 Å². The smallest absolute Gasteiger partial charge is 0.306 e. The van der Waals surface area contributed by atoms with Crippen molar-refractivity contribution in [1.82, 2.24) is 5.01 Å². The molecule has 0 saturated heterocycles. The lowest BCUT2D eigenvalue weighted by molar-refractivity contribution is -0.163. The molecule has 0 aromatic heterocycles. The summed E-state index contributed by atoms with van der Waals surface area (Å²) in [5.74, 6) is 1.37. The van der Waals surface area contributed by atoms with E-state index in [0.29, 0.717) is 12.2 Å². The van der Waals surface area contributed by atoms with Gasteiger partial charge < -0.3 is 14.4 Å². The summed E-state index contributed by atoms with van der Waals surface area (Å²) in [7, 11) is 3.45. The number of hydrogen-bond donors (Lipinski definition) is 0. The van der Waals surface area contributed by atoms with E-state index in [1.807, 2.05) is 66.5 Å². The molecule has 0 unspecified atom stereocenters. The van der Waals surface area contributed by atoms with Gasteiger partial charge in [-0.1, -0.05) is 27.6 Å². The number of amides is 1. The Morgan fingerprint density at radius 3 is 2.67 bits per heavy atom. The van der Waals surface area contributed by atoms with E-state index in [4.69, 9.17) is 14.6 Å². The molecule has 33 heavy (non-hydrogen) atoms. The number of ether oxygens (including phenoxy) is 2. The van der Waals surface area contributed by atoms with Crippen molar-refractivity contribution in [3.05, 3.63) is 87.4 Å². The van der Waals surface area contributed by atoms with Gasteiger partial charge in [0.25, 0.3) is 5.91 Å². The van der Waals surface area contributed by atoms with Crippen LogP contribution in [0.5, 0.6) is 11.5 Å². The first-order valence-corrected chi connectivity index (χ1v) is 11.6. The number of nitrogens with zero attached hydrogens (tertiary/aromatic N) is 3. The molecule has 3 heterocycles. The molecule has 3 aliphatic rings. The van der Waals surface area contributed by atoms with Crippen molar-refractivity contribution in [1.29, 1.82) is 0 Å². The number of anilines is 1. The zero-order chi connectivity index (χ0) is 22.9. The van der Waals surface area contributed by atoms with Crippen LogP contribution in [0, 0.1) is 6.92 Å². The molecule has 0 fully saturated rings. The molecule has 1 spiro atoms. The highest BCUT2D eigenvalue weighted by Gasteiger charge is 2.62. The molecule has 0 bridgehead atoms. The van der Waals surface area contributed by atoms with Gasteiger partial charge in [0, 0.05) is 23.5 Å². The molecule has 3 aromatic carbocycles. The molecular formula is C26H22BrN3O3. The molecule has 0 aliphatic carbocycles. The highest BCUT2D eigenvalue weighted by atomic mass is 79.9. The van der Waals surface area contributed by atoms with Gasteiger partial charge in [0.1, 0.15) is 11.5 Å². The van der Waals surface area contributed by atoms with Crippen molar-refractivity contribution in [3.63, 3.8) is 0 Å². The zero-order valence-electron chi connectivity index (χ0n) is 18.5. The van der Waals surface area contributed by atoms with Crippen molar-refractivity contribution in [3.8, 4) is 11.5 Å². The van der Waals surface area contributed by atoms with Crippen LogP contribution in [0.2, 0.25) is 0 Å². The van der Waals surface area contributed by atoms with Crippen LogP contribution in [0.1, 0.15) is 34.7 Å². The highest BCUT2D eigenvalue weighted by Crippen LogP contribution is 2.55. The van der Waals surface area contributed by atoms with Crippen LogP contribution in [0.4, 0.5) is 5.69 Å². The maximum absolute atomic E-state index is 13.9. The van der Waals surface area contributed by atoms with E-state index in [1.54, 1.807) is 19.1 Å². The maximum atomic E-state index is 13.9. The van der Waals surface area contributed by atoms with Gasteiger partial charge in [-0.15, -0.1) is 0 Å². The number of carbonyl (C=O) groups excluding carboxylic acids is 1. The standard InChI is InChI=1S/C26H22BrN3O3/c1-15-4-10-22-20(12-15)26(25(31)29(22)2)30-23(19-13-17(27)7-11-24(19)33-26)14-21(28-30)16-5-8-18(32-3)9-6-16/h4-13,23H,14H2,1-3H3/t23-,26-/m1/s1. The molecule has 3 aliphatic heterocycles. The topological polar surface area (TPSA) is 54.4 Å². The van der Waals surface area contributed by atoms with Crippen LogP contribution in [0.25, 0.3) is 0 Å². The Labute approximate surface area is 200 Å². The summed E-state index contributed by atoms with van der Waals surface area (Å²) in [4.78, 5) is 15.5. The fraction of sp³-hybridized carbons (Fsp3) is 0.231. The Morgan fingerprint density at radius 1 is 1.12 bits per heavy atom. The summed E-state index contributed by atoms with van der Waals surface area (Å²) < 4.78 is 12.9. The third-order valence-corrected chi connectivity index (χ3v) is 7.21. The van der Waals surface area contributed by atoms with Crippen molar-refractivity contribution >= 4 is 33.2 Å². The molecule has 7 heteroatoms. The summed E-state index contributed by atoms with van der Waals surface area (Å²) in [6.45, 7) is 2.03. The quantitative estimate of drug-likeness (QED) is 0.485. The van der Waals surface area contributed by atoms with Gasteiger partial charge in [0.2, 0.25) is 0 Å². The molecular weight excluding hydrogens is 482 g/mol. The van der Waals surface area contributed by atoms with Crippen LogP contribution in [-0.4, -0.2) is 30.8 Å². The first-order valence-electron chi connectivity index (χ1n) is 10.8. The van der Waals surface area contributed by atoms with Crippen molar-refractivity contribution in [2.75, 3.05) is 19.1 Å². The third-order valence-electron chi connectivity index (χ3n) is 6.72. The number of halogens is 1. The fourth-order valence-corrected chi connectivity index (χ4v) is 5.44. The fourth-order valence-electron chi connectivity index (χ4n) is 5.07. The van der Waals surface area contributed by atoms with E-state index in [-0.39, 0.29) is 11.9 Å². The van der Waals surface area contributed by atoms with Crippen LogP contribution in [0.15, 0.2) is 70.2 Å². The predicted molar refractivity (Wildman–Crippen MR) is 130 cm³/mol. The molecule has 3 aromatic rings. The molecule has 0 saturated carbocycles. The second-order valence-electron chi connectivity index (χ2n) is 8.65. The number of benzene rings is 3. The minimum atomic E-state index is -1.34. The summed E-state index contributed by atoms with van der Waals surface area (Å²) in [6.07, 6.45) is 0.666. The van der Waals surface area contributed by atoms with Crippen molar-refractivity contribution in [2.24, 2.45) is 5.10 Å². The molecule has 0 radical (unpaired) electrons. The Bertz CT molecular complexity index is 1340. The first kappa shape index (κ1) is 20.3. The lowest BCUT2D eigenvalue weighted by Crippen LogP contribution is -2.56. The van der Waals surface area contributed by atoms with Gasteiger partial charge in [-0.2, -0.15) is 5.10 Å². The number of likely N-dealkylation sites (N-methyl/N-ethyl adjacent to an activating group) is 1. The van der Waals surface area contributed by atoms with E-state index in [2.05, 4.69) is 22.0 Å². The Kier molecular flexibility index (Phi) is 4.36. The third kappa shape index (κ3) is 2.78. The van der Waals surface area contributed by atoms with Gasteiger partial charge in [-0.05, 0) is 67.1 Å². The van der Waals surface area contributed by atoms with Gasteiger partial charge in [-0.3, -0.25) is 4.79 Å².